The van der Waals surface area contributed by atoms with Gasteiger partial charge in [-0.25, -0.2) is 8.42 Å². The predicted octanol–water partition coefficient (Wildman–Crippen LogP) is 1.40. The van der Waals surface area contributed by atoms with Crippen LogP contribution >= 0.6 is 0 Å². The van der Waals surface area contributed by atoms with E-state index in [1.54, 1.807) is 6.92 Å². The Hall–Kier alpha value is -1.07. The summed E-state index contributed by atoms with van der Waals surface area (Å²) in [6, 6.07) is 7.97. The Labute approximate surface area is 115 Å². The Morgan fingerprint density at radius 3 is 2.84 bits per heavy atom. The Balaban J connectivity index is 1.79. The van der Waals surface area contributed by atoms with E-state index in [1.807, 2.05) is 25.1 Å². The fourth-order valence-electron chi connectivity index (χ4n) is 2.26. The summed E-state index contributed by atoms with van der Waals surface area (Å²) in [5, 5.41) is 3.25. The molecule has 2 atom stereocenters. The lowest BCUT2D eigenvalue weighted by molar-refractivity contribution is 0.224. The van der Waals surface area contributed by atoms with Crippen LogP contribution in [0.2, 0.25) is 0 Å². The first-order valence-electron chi connectivity index (χ1n) is 6.68. The Kier molecular flexibility index (Phi) is 4.47. The van der Waals surface area contributed by atoms with E-state index in [0.29, 0.717) is 6.54 Å². The van der Waals surface area contributed by atoms with Crippen molar-refractivity contribution in [2.24, 2.45) is 0 Å². The van der Waals surface area contributed by atoms with E-state index < -0.39 is 9.84 Å². The summed E-state index contributed by atoms with van der Waals surface area (Å²) in [6.07, 6.45) is 0.986. The normalized spacial score (nSPS) is 19.8. The van der Waals surface area contributed by atoms with Gasteiger partial charge < -0.3 is 10.1 Å². The molecule has 0 saturated heterocycles. The maximum absolute atomic E-state index is 11.5. The van der Waals surface area contributed by atoms with Crippen molar-refractivity contribution in [2.45, 2.75) is 32.4 Å². The largest absolute Gasteiger partial charge is 0.488 e. The van der Waals surface area contributed by atoms with Crippen LogP contribution in [-0.4, -0.2) is 38.6 Å². The zero-order valence-corrected chi connectivity index (χ0v) is 12.2. The van der Waals surface area contributed by atoms with Crippen molar-refractivity contribution in [2.75, 3.05) is 18.1 Å². The Morgan fingerprint density at radius 2 is 2.16 bits per heavy atom. The molecule has 0 radical (unpaired) electrons. The van der Waals surface area contributed by atoms with Gasteiger partial charge in [0, 0.05) is 24.8 Å². The van der Waals surface area contributed by atoms with E-state index in [0.717, 1.165) is 12.2 Å². The second-order valence-corrected chi connectivity index (χ2v) is 7.46. The molecule has 0 spiro atoms. The highest BCUT2D eigenvalue weighted by Gasteiger charge is 2.23. The standard InChI is InChI=1S/C14H21NO3S/c1-3-19(16,17)10-11(2)15-9-13-8-12-6-4-5-7-14(12)18-13/h4-7,11,13,15H,3,8-10H2,1-2H3. The minimum absolute atomic E-state index is 0.0442. The van der Waals surface area contributed by atoms with E-state index in [2.05, 4.69) is 11.4 Å². The number of hydrogen-bond donors (Lipinski definition) is 1. The number of nitrogens with one attached hydrogen (secondary N) is 1. The van der Waals surface area contributed by atoms with Gasteiger partial charge in [0.05, 0.1) is 5.75 Å². The molecule has 0 amide bonds. The minimum atomic E-state index is -2.92. The first kappa shape index (κ1) is 14.3. The maximum Gasteiger partial charge on any atom is 0.151 e. The van der Waals surface area contributed by atoms with Gasteiger partial charge in [0.25, 0.3) is 0 Å². The number of fused-ring (bicyclic) bond motifs is 1. The van der Waals surface area contributed by atoms with Crippen LogP contribution in [0, 0.1) is 0 Å². The van der Waals surface area contributed by atoms with Gasteiger partial charge in [-0.05, 0) is 18.6 Å². The smallest absolute Gasteiger partial charge is 0.151 e. The van der Waals surface area contributed by atoms with Crippen molar-refractivity contribution in [3.63, 3.8) is 0 Å². The van der Waals surface area contributed by atoms with Crippen molar-refractivity contribution >= 4 is 9.84 Å². The second kappa shape index (κ2) is 5.92. The quantitative estimate of drug-likeness (QED) is 0.857. The maximum atomic E-state index is 11.5. The summed E-state index contributed by atoms with van der Waals surface area (Å²) in [5.41, 5.74) is 1.23. The summed E-state index contributed by atoms with van der Waals surface area (Å²) >= 11 is 0. The summed E-state index contributed by atoms with van der Waals surface area (Å²) < 4.78 is 28.8. The summed E-state index contributed by atoms with van der Waals surface area (Å²) in [7, 11) is -2.92. The lowest BCUT2D eigenvalue weighted by Gasteiger charge is -2.17. The molecule has 1 aliphatic rings. The zero-order chi connectivity index (χ0) is 13.9. The lowest BCUT2D eigenvalue weighted by Crippen LogP contribution is -2.39. The molecule has 1 heterocycles. The number of para-hydroxylation sites is 1. The molecular weight excluding hydrogens is 262 g/mol. The van der Waals surface area contributed by atoms with Gasteiger partial charge in [-0.15, -0.1) is 0 Å². The first-order chi connectivity index (χ1) is 9.00. The summed E-state index contributed by atoms with van der Waals surface area (Å²) in [4.78, 5) is 0. The fraction of sp³-hybridized carbons (Fsp3) is 0.571. The molecule has 106 valence electrons. The SMILES string of the molecule is CCS(=O)(=O)CC(C)NCC1Cc2ccccc2O1. The van der Waals surface area contributed by atoms with Crippen LogP contribution in [0.1, 0.15) is 19.4 Å². The van der Waals surface area contributed by atoms with Gasteiger partial charge in [0.2, 0.25) is 0 Å². The van der Waals surface area contributed by atoms with Crippen LogP contribution in [0.25, 0.3) is 0 Å². The van der Waals surface area contributed by atoms with E-state index >= 15 is 0 Å². The molecule has 0 aliphatic carbocycles. The van der Waals surface area contributed by atoms with Gasteiger partial charge >= 0.3 is 0 Å². The molecule has 2 unspecified atom stereocenters. The number of hydrogen-bond acceptors (Lipinski definition) is 4. The minimum Gasteiger partial charge on any atom is -0.488 e. The average molecular weight is 283 g/mol. The van der Waals surface area contributed by atoms with E-state index in [4.69, 9.17) is 4.74 Å². The van der Waals surface area contributed by atoms with Crippen LogP contribution in [0.3, 0.4) is 0 Å². The van der Waals surface area contributed by atoms with Gasteiger partial charge in [0.1, 0.15) is 11.9 Å². The summed E-state index contributed by atoms with van der Waals surface area (Å²) in [5.74, 6) is 1.33. The predicted molar refractivity (Wildman–Crippen MR) is 76.4 cm³/mol. The van der Waals surface area contributed by atoms with Crippen molar-refractivity contribution in [1.29, 1.82) is 0 Å². The number of sulfone groups is 1. The molecule has 1 aromatic rings. The van der Waals surface area contributed by atoms with Gasteiger partial charge in [0.15, 0.2) is 9.84 Å². The van der Waals surface area contributed by atoms with E-state index in [-0.39, 0.29) is 23.7 Å². The Bertz CT molecular complexity index is 502. The van der Waals surface area contributed by atoms with E-state index in [1.165, 1.54) is 5.56 Å². The van der Waals surface area contributed by atoms with Crippen LogP contribution in [0.15, 0.2) is 24.3 Å². The number of benzene rings is 1. The van der Waals surface area contributed by atoms with Crippen molar-refractivity contribution in [3.8, 4) is 5.75 Å². The number of rotatable bonds is 6. The van der Waals surface area contributed by atoms with E-state index in [9.17, 15) is 8.42 Å². The van der Waals surface area contributed by atoms with Crippen LogP contribution < -0.4 is 10.1 Å². The Morgan fingerprint density at radius 1 is 1.42 bits per heavy atom. The molecule has 2 rings (SSSR count). The van der Waals surface area contributed by atoms with Gasteiger partial charge in [-0.3, -0.25) is 0 Å². The third kappa shape index (κ3) is 3.94. The highest BCUT2D eigenvalue weighted by Crippen LogP contribution is 2.27. The molecule has 0 saturated carbocycles. The van der Waals surface area contributed by atoms with Crippen molar-refractivity contribution in [3.05, 3.63) is 29.8 Å². The molecule has 4 nitrogen and oxygen atoms in total. The molecule has 1 aliphatic heterocycles. The van der Waals surface area contributed by atoms with Crippen molar-refractivity contribution in [1.82, 2.24) is 5.32 Å². The first-order valence-corrected chi connectivity index (χ1v) is 8.50. The third-order valence-corrected chi connectivity index (χ3v) is 5.24. The van der Waals surface area contributed by atoms with Gasteiger partial charge in [-0.1, -0.05) is 25.1 Å². The highest BCUT2D eigenvalue weighted by molar-refractivity contribution is 7.91. The average Bonchev–Trinajstić information content (AvgIpc) is 2.78. The summed E-state index contributed by atoms with van der Waals surface area (Å²) in [6.45, 7) is 4.25. The molecule has 1 N–H and O–H groups in total. The van der Waals surface area contributed by atoms with Crippen LogP contribution in [-0.2, 0) is 16.3 Å². The molecular formula is C14H21NO3S. The van der Waals surface area contributed by atoms with Crippen LogP contribution in [0.5, 0.6) is 5.75 Å². The number of ether oxygens (including phenoxy) is 1. The molecule has 0 aromatic heterocycles. The monoisotopic (exact) mass is 283 g/mol. The fourth-order valence-corrected chi connectivity index (χ4v) is 3.37. The highest BCUT2D eigenvalue weighted by atomic mass is 32.2. The molecule has 19 heavy (non-hydrogen) atoms. The van der Waals surface area contributed by atoms with Crippen molar-refractivity contribution < 1.29 is 13.2 Å². The zero-order valence-electron chi connectivity index (χ0n) is 11.4. The second-order valence-electron chi connectivity index (χ2n) is 5.06. The topological polar surface area (TPSA) is 55.4 Å². The molecule has 5 heteroatoms. The van der Waals surface area contributed by atoms with Gasteiger partial charge in [-0.2, -0.15) is 0 Å². The van der Waals surface area contributed by atoms with Crippen LogP contribution in [0.4, 0.5) is 0 Å². The lowest BCUT2D eigenvalue weighted by atomic mass is 10.1. The molecule has 1 aromatic carbocycles. The molecule has 0 bridgehead atoms. The molecule has 0 fully saturated rings. The third-order valence-electron chi connectivity index (χ3n) is 3.35.